The summed E-state index contributed by atoms with van der Waals surface area (Å²) in [6.45, 7) is -0.204. The van der Waals surface area contributed by atoms with Crippen LogP contribution in [-0.2, 0) is 15.0 Å². The van der Waals surface area contributed by atoms with Crippen LogP contribution in [0.25, 0.3) is 0 Å². The molecule has 8 heteroatoms. The number of hydrogen-bond donors (Lipinski definition) is 0. The van der Waals surface area contributed by atoms with Crippen molar-refractivity contribution < 1.29 is 21.8 Å². The van der Waals surface area contributed by atoms with Crippen LogP contribution in [0.4, 0.5) is 9.57 Å². The summed E-state index contributed by atoms with van der Waals surface area (Å²) >= 11 is 3.26. The lowest BCUT2D eigenvalue weighted by Gasteiger charge is -2.19. The summed E-state index contributed by atoms with van der Waals surface area (Å²) in [5, 5.41) is -1.32. The molecule has 104 valence electrons. The summed E-state index contributed by atoms with van der Waals surface area (Å²) < 4.78 is 40.6. The molecule has 1 amide bonds. The minimum absolute atomic E-state index is 0.204. The van der Waals surface area contributed by atoms with E-state index in [9.17, 15) is 17.1 Å². The second-order valence-corrected chi connectivity index (χ2v) is 6.66. The topological polar surface area (TPSA) is 63.7 Å². The molecule has 1 atom stereocenters. The summed E-state index contributed by atoms with van der Waals surface area (Å²) in [4.78, 5) is 13.1. The summed E-state index contributed by atoms with van der Waals surface area (Å²) in [7, 11) is -3.28. The van der Waals surface area contributed by atoms with Gasteiger partial charge in [0.2, 0.25) is 5.91 Å². The number of anilines is 1. The number of amides is 1. The van der Waals surface area contributed by atoms with Crippen LogP contribution in [0.1, 0.15) is 6.42 Å². The van der Waals surface area contributed by atoms with Gasteiger partial charge >= 0.3 is 10.2 Å². The van der Waals surface area contributed by atoms with Crippen molar-refractivity contribution in [3.63, 3.8) is 0 Å². The van der Waals surface area contributed by atoms with Crippen LogP contribution in [-0.4, -0.2) is 33.2 Å². The van der Waals surface area contributed by atoms with Crippen LogP contribution in [0.5, 0.6) is 5.75 Å². The van der Waals surface area contributed by atoms with Crippen LogP contribution in [0, 0.1) is 0 Å². The quantitative estimate of drug-likeness (QED) is 0.779. The van der Waals surface area contributed by atoms with Crippen molar-refractivity contribution in [1.29, 1.82) is 0 Å². The normalized spacial score (nSPS) is 19.8. The van der Waals surface area contributed by atoms with Crippen LogP contribution >= 0.6 is 15.9 Å². The average molecular weight is 352 g/mol. The summed E-state index contributed by atoms with van der Waals surface area (Å²) in [6, 6.07) is 5.00. The number of carbonyl (C=O) groups is 1. The van der Waals surface area contributed by atoms with E-state index in [-0.39, 0.29) is 13.0 Å². The molecular formula is C11H11BrFNO4S. The van der Waals surface area contributed by atoms with E-state index in [1.54, 1.807) is 18.2 Å². The third kappa shape index (κ3) is 2.89. The van der Waals surface area contributed by atoms with E-state index in [1.165, 1.54) is 12.0 Å². The maximum atomic E-state index is 13.0. The largest absolute Gasteiger partial charge is 0.495 e. The Bertz CT molecular complexity index is 619. The van der Waals surface area contributed by atoms with Crippen molar-refractivity contribution in [2.24, 2.45) is 0 Å². The molecule has 0 aliphatic carbocycles. The van der Waals surface area contributed by atoms with Gasteiger partial charge in [-0.25, -0.2) is 0 Å². The molecule has 0 N–H and O–H groups in total. The average Bonchev–Trinajstić information content (AvgIpc) is 2.71. The van der Waals surface area contributed by atoms with Crippen molar-refractivity contribution in [2.45, 2.75) is 11.7 Å². The molecule has 0 bridgehead atoms. The number of benzene rings is 1. The smallest absolute Gasteiger partial charge is 0.307 e. The monoisotopic (exact) mass is 351 g/mol. The van der Waals surface area contributed by atoms with E-state index in [2.05, 4.69) is 15.9 Å². The van der Waals surface area contributed by atoms with Gasteiger partial charge in [0.05, 0.1) is 12.8 Å². The van der Waals surface area contributed by atoms with Crippen molar-refractivity contribution in [2.75, 3.05) is 18.6 Å². The van der Waals surface area contributed by atoms with Gasteiger partial charge in [-0.3, -0.25) is 4.79 Å². The molecule has 0 aromatic heterocycles. The Kier molecular flexibility index (Phi) is 3.82. The molecule has 1 unspecified atom stereocenters. The number of ether oxygens (including phenoxy) is 1. The lowest BCUT2D eigenvalue weighted by Crippen LogP contribution is -2.27. The molecule has 1 aromatic carbocycles. The number of hydrogen-bond acceptors (Lipinski definition) is 4. The molecule has 0 saturated carbocycles. The summed E-state index contributed by atoms with van der Waals surface area (Å²) in [6.07, 6.45) is -0.353. The highest BCUT2D eigenvalue weighted by Gasteiger charge is 2.39. The zero-order valence-electron chi connectivity index (χ0n) is 9.97. The van der Waals surface area contributed by atoms with E-state index in [1.807, 2.05) is 0 Å². The molecule has 2 rings (SSSR count). The number of methoxy groups -OCH3 is 1. The molecule has 19 heavy (non-hydrogen) atoms. The van der Waals surface area contributed by atoms with Gasteiger partial charge in [-0.05, 0) is 18.2 Å². The highest BCUT2D eigenvalue weighted by atomic mass is 79.9. The molecule has 5 nitrogen and oxygen atoms in total. The Hall–Kier alpha value is -1.15. The molecule has 1 aliphatic rings. The Morgan fingerprint density at radius 1 is 1.47 bits per heavy atom. The number of rotatable bonds is 3. The van der Waals surface area contributed by atoms with Gasteiger partial charge in [-0.2, -0.15) is 8.42 Å². The van der Waals surface area contributed by atoms with Crippen LogP contribution in [0.15, 0.2) is 22.7 Å². The van der Waals surface area contributed by atoms with Crippen LogP contribution in [0.2, 0.25) is 0 Å². The van der Waals surface area contributed by atoms with Gasteiger partial charge in [0.15, 0.2) is 0 Å². The summed E-state index contributed by atoms with van der Waals surface area (Å²) in [5.74, 6) is -0.0175. The first-order valence-electron chi connectivity index (χ1n) is 5.40. The van der Waals surface area contributed by atoms with Gasteiger partial charge in [-0.15, -0.1) is 3.89 Å². The first-order valence-corrected chi connectivity index (χ1v) is 7.64. The van der Waals surface area contributed by atoms with Crippen LogP contribution < -0.4 is 9.64 Å². The fourth-order valence-electron chi connectivity index (χ4n) is 1.97. The standard InChI is InChI=1S/C11H11BrFNO4S/c1-18-10-3-2-7(12)4-9(10)14-6-8(5-11(14)15)19(13,16)17/h2-4,8H,5-6H2,1H3. The molecule has 1 aromatic rings. The van der Waals surface area contributed by atoms with Gasteiger partial charge in [0, 0.05) is 17.4 Å². The molecule has 1 saturated heterocycles. The van der Waals surface area contributed by atoms with Gasteiger partial charge in [0.25, 0.3) is 0 Å². The molecule has 1 fully saturated rings. The van der Waals surface area contributed by atoms with E-state index in [0.717, 1.165) is 0 Å². The van der Waals surface area contributed by atoms with Gasteiger partial charge in [0.1, 0.15) is 11.0 Å². The first-order chi connectivity index (χ1) is 8.82. The van der Waals surface area contributed by atoms with Crippen molar-refractivity contribution >= 4 is 37.7 Å². The predicted octanol–water partition coefficient (Wildman–Crippen LogP) is 1.86. The van der Waals surface area contributed by atoms with Gasteiger partial charge < -0.3 is 9.64 Å². The first kappa shape index (κ1) is 14.3. The highest BCUT2D eigenvalue weighted by molar-refractivity contribution is 9.10. The predicted molar refractivity (Wildman–Crippen MR) is 71.5 cm³/mol. The fourth-order valence-corrected chi connectivity index (χ4v) is 2.99. The van der Waals surface area contributed by atoms with E-state index in [0.29, 0.717) is 15.9 Å². The highest BCUT2D eigenvalue weighted by Crippen LogP contribution is 2.35. The Labute approximate surface area is 118 Å². The summed E-state index contributed by atoms with van der Waals surface area (Å²) in [5.41, 5.74) is 0.424. The Balaban J connectivity index is 2.38. The third-order valence-electron chi connectivity index (χ3n) is 2.92. The fraction of sp³-hybridized carbons (Fsp3) is 0.364. The van der Waals surface area contributed by atoms with E-state index < -0.39 is 21.4 Å². The number of carbonyl (C=O) groups excluding carboxylic acids is 1. The van der Waals surface area contributed by atoms with Crippen molar-refractivity contribution in [3.05, 3.63) is 22.7 Å². The van der Waals surface area contributed by atoms with Crippen molar-refractivity contribution in [1.82, 2.24) is 0 Å². The maximum absolute atomic E-state index is 13.0. The zero-order chi connectivity index (χ0) is 14.2. The molecule has 1 aliphatic heterocycles. The SMILES string of the molecule is COc1ccc(Br)cc1N1CC(S(=O)(=O)F)CC1=O. The lowest BCUT2D eigenvalue weighted by atomic mass is 10.2. The second kappa shape index (κ2) is 5.09. The van der Waals surface area contributed by atoms with Gasteiger partial charge in [-0.1, -0.05) is 15.9 Å². The third-order valence-corrected chi connectivity index (χ3v) is 4.52. The van der Waals surface area contributed by atoms with E-state index in [4.69, 9.17) is 4.74 Å². The Morgan fingerprint density at radius 3 is 2.68 bits per heavy atom. The zero-order valence-corrected chi connectivity index (χ0v) is 12.4. The molecular weight excluding hydrogens is 341 g/mol. The Morgan fingerprint density at radius 2 is 2.16 bits per heavy atom. The van der Waals surface area contributed by atoms with E-state index >= 15 is 0 Å². The molecule has 0 radical (unpaired) electrons. The minimum atomic E-state index is -4.72. The van der Waals surface area contributed by atoms with Crippen molar-refractivity contribution in [3.8, 4) is 5.75 Å². The number of halogens is 2. The molecule has 0 spiro atoms. The number of nitrogens with zero attached hydrogens (tertiary/aromatic N) is 1. The molecule has 1 heterocycles. The van der Waals surface area contributed by atoms with Crippen LogP contribution in [0.3, 0.4) is 0 Å². The maximum Gasteiger partial charge on any atom is 0.307 e. The minimum Gasteiger partial charge on any atom is -0.495 e. The second-order valence-electron chi connectivity index (χ2n) is 4.12. The lowest BCUT2D eigenvalue weighted by molar-refractivity contribution is -0.117.